The topological polar surface area (TPSA) is 15.3 Å². The lowest BCUT2D eigenvalue weighted by Gasteiger charge is -2.35. The smallest absolute Gasteiger partial charge is 0.314 e. The zero-order chi connectivity index (χ0) is 14.6. The Labute approximate surface area is 118 Å². The summed E-state index contributed by atoms with van der Waals surface area (Å²) < 4.78 is 37.6. The molecular formula is C15H21F3N2. The van der Waals surface area contributed by atoms with E-state index in [0.717, 1.165) is 37.3 Å². The van der Waals surface area contributed by atoms with Gasteiger partial charge < -0.3 is 5.32 Å². The van der Waals surface area contributed by atoms with E-state index >= 15 is 0 Å². The molecule has 1 N–H and O–H groups in total. The molecule has 1 saturated heterocycles. The van der Waals surface area contributed by atoms with Gasteiger partial charge in [0.1, 0.15) is 0 Å². The second-order valence-corrected chi connectivity index (χ2v) is 5.37. The number of hydrogen-bond acceptors (Lipinski definition) is 2. The fourth-order valence-electron chi connectivity index (χ4n) is 2.73. The number of benzene rings is 1. The molecule has 0 aromatic heterocycles. The number of rotatable bonds is 4. The van der Waals surface area contributed by atoms with E-state index < -0.39 is 12.6 Å². The predicted octanol–water partition coefficient (Wildman–Crippen LogP) is 3.28. The molecule has 1 aromatic rings. The van der Waals surface area contributed by atoms with E-state index in [0.29, 0.717) is 0 Å². The van der Waals surface area contributed by atoms with Crippen molar-refractivity contribution < 1.29 is 13.2 Å². The van der Waals surface area contributed by atoms with Gasteiger partial charge in [-0.1, -0.05) is 29.8 Å². The summed E-state index contributed by atoms with van der Waals surface area (Å²) in [7, 11) is 0. The van der Waals surface area contributed by atoms with Crippen LogP contribution in [0, 0.1) is 6.92 Å². The number of piperazine rings is 1. The summed E-state index contributed by atoms with van der Waals surface area (Å²) in [5, 5.41) is 3.24. The molecule has 1 aliphatic heterocycles. The summed E-state index contributed by atoms with van der Waals surface area (Å²) >= 11 is 0. The molecule has 0 bridgehead atoms. The molecule has 0 saturated carbocycles. The monoisotopic (exact) mass is 286 g/mol. The molecule has 2 nitrogen and oxygen atoms in total. The largest absolute Gasteiger partial charge is 0.389 e. The Bertz CT molecular complexity index is 425. The Morgan fingerprint density at radius 2 is 1.95 bits per heavy atom. The van der Waals surface area contributed by atoms with Gasteiger partial charge in [-0.05, 0) is 18.9 Å². The van der Waals surface area contributed by atoms with E-state index in [1.807, 2.05) is 31.2 Å². The van der Waals surface area contributed by atoms with Crippen LogP contribution in [0.2, 0.25) is 0 Å². The fraction of sp³-hybridized carbons (Fsp3) is 0.600. The first kappa shape index (κ1) is 15.3. The number of hydrogen-bond donors (Lipinski definition) is 1. The quantitative estimate of drug-likeness (QED) is 0.913. The highest BCUT2D eigenvalue weighted by Gasteiger charge is 2.31. The highest BCUT2D eigenvalue weighted by molar-refractivity contribution is 5.25. The van der Waals surface area contributed by atoms with Gasteiger partial charge in [0, 0.05) is 38.6 Å². The minimum Gasteiger partial charge on any atom is -0.314 e. The molecule has 0 amide bonds. The molecule has 1 heterocycles. The van der Waals surface area contributed by atoms with E-state index in [2.05, 4.69) is 10.2 Å². The van der Waals surface area contributed by atoms with Crippen molar-refractivity contribution in [1.82, 2.24) is 10.2 Å². The Kier molecular flexibility index (Phi) is 5.05. The average molecular weight is 286 g/mol. The average Bonchev–Trinajstić information content (AvgIpc) is 2.39. The summed E-state index contributed by atoms with van der Waals surface area (Å²) in [6, 6.07) is 7.70. The highest BCUT2D eigenvalue weighted by atomic mass is 19.4. The van der Waals surface area contributed by atoms with E-state index in [1.54, 1.807) is 0 Å². The first-order valence-corrected chi connectivity index (χ1v) is 7.04. The molecule has 112 valence electrons. The first-order chi connectivity index (χ1) is 9.46. The van der Waals surface area contributed by atoms with Crippen LogP contribution in [-0.4, -0.2) is 37.3 Å². The Morgan fingerprint density at radius 1 is 1.25 bits per heavy atom. The summed E-state index contributed by atoms with van der Waals surface area (Å²) in [5.74, 6) is 0. The second-order valence-electron chi connectivity index (χ2n) is 5.37. The fourth-order valence-corrected chi connectivity index (χ4v) is 2.73. The van der Waals surface area contributed by atoms with Crippen LogP contribution in [0.15, 0.2) is 24.3 Å². The van der Waals surface area contributed by atoms with Crippen molar-refractivity contribution in [1.29, 1.82) is 0 Å². The zero-order valence-electron chi connectivity index (χ0n) is 11.7. The van der Waals surface area contributed by atoms with Gasteiger partial charge in [0.2, 0.25) is 0 Å². The lowest BCUT2D eigenvalue weighted by Crippen LogP contribution is -2.45. The van der Waals surface area contributed by atoms with Gasteiger partial charge in [-0.3, -0.25) is 4.90 Å². The Morgan fingerprint density at radius 3 is 2.55 bits per heavy atom. The third-order valence-electron chi connectivity index (χ3n) is 3.72. The van der Waals surface area contributed by atoms with Crippen LogP contribution in [0.3, 0.4) is 0 Å². The maximum atomic E-state index is 12.5. The van der Waals surface area contributed by atoms with Crippen molar-refractivity contribution in [2.45, 2.75) is 32.0 Å². The molecule has 1 aliphatic rings. The first-order valence-electron chi connectivity index (χ1n) is 7.04. The minimum absolute atomic E-state index is 0.132. The lowest BCUT2D eigenvalue weighted by molar-refractivity contribution is -0.138. The van der Waals surface area contributed by atoms with Crippen molar-refractivity contribution in [3.05, 3.63) is 35.4 Å². The lowest BCUT2D eigenvalue weighted by atomic mass is 9.98. The van der Waals surface area contributed by atoms with E-state index in [4.69, 9.17) is 0 Å². The predicted molar refractivity (Wildman–Crippen MR) is 73.7 cm³/mol. The number of alkyl halides is 3. The van der Waals surface area contributed by atoms with Crippen LogP contribution < -0.4 is 5.32 Å². The minimum atomic E-state index is -4.09. The van der Waals surface area contributed by atoms with Gasteiger partial charge in [-0.15, -0.1) is 0 Å². The van der Waals surface area contributed by atoms with E-state index in [1.165, 1.54) is 0 Å². The highest BCUT2D eigenvalue weighted by Crippen LogP contribution is 2.31. The van der Waals surface area contributed by atoms with Gasteiger partial charge in [-0.25, -0.2) is 0 Å². The Balaban J connectivity index is 2.14. The normalized spacial score (nSPS) is 19.0. The third kappa shape index (κ3) is 4.49. The van der Waals surface area contributed by atoms with Crippen molar-refractivity contribution in [2.75, 3.05) is 26.2 Å². The van der Waals surface area contributed by atoms with Crippen molar-refractivity contribution >= 4 is 0 Å². The van der Waals surface area contributed by atoms with Crippen LogP contribution >= 0.6 is 0 Å². The van der Waals surface area contributed by atoms with Crippen LogP contribution in [0.5, 0.6) is 0 Å². The maximum Gasteiger partial charge on any atom is 0.389 e. The van der Waals surface area contributed by atoms with Crippen LogP contribution in [-0.2, 0) is 0 Å². The molecule has 5 heteroatoms. The van der Waals surface area contributed by atoms with Gasteiger partial charge in [0.05, 0.1) is 0 Å². The summed E-state index contributed by atoms with van der Waals surface area (Å²) in [4.78, 5) is 2.16. The van der Waals surface area contributed by atoms with Crippen molar-refractivity contribution in [3.8, 4) is 0 Å². The zero-order valence-corrected chi connectivity index (χ0v) is 11.7. The van der Waals surface area contributed by atoms with Crippen LogP contribution in [0.1, 0.15) is 30.0 Å². The molecule has 0 radical (unpaired) electrons. The second kappa shape index (κ2) is 6.59. The van der Waals surface area contributed by atoms with Crippen LogP contribution in [0.4, 0.5) is 13.2 Å². The molecule has 0 unspecified atom stereocenters. The van der Waals surface area contributed by atoms with Gasteiger partial charge in [0.15, 0.2) is 0 Å². The molecule has 1 aromatic carbocycles. The number of nitrogens with zero attached hydrogens (tertiary/aromatic N) is 1. The van der Waals surface area contributed by atoms with Crippen LogP contribution in [0.25, 0.3) is 0 Å². The number of nitrogens with one attached hydrogen (secondary N) is 1. The summed E-state index contributed by atoms with van der Waals surface area (Å²) in [6.07, 6.45) is -4.68. The maximum absolute atomic E-state index is 12.5. The van der Waals surface area contributed by atoms with E-state index in [-0.39, 0.29) is 12.5 Å². The molecule has 1 fully saturated rings. The van der Waals surface area contributed by atoms with Gasteiger partial charge in [0.25, 0.3) is 0 Å². The molecule has 0 spiro atoms. The van der Waals surface area contributed by atoms with Crippen molar-refractivity contribution in [3.63, 3.8) is 0 Å². The molecule has 20 heavy (non-hydrogen) atoms. The standard InChI is InChI=1S/C15H21F3N2/c1-12-3-2-4-13(11-12)14(5-6-15(16,17)18)20-9-7-19-8-10-20/h2-4,11,14,19H,5-10H2,1H3/t14-/m1/s1. The van der Waals surface area contributed by atoms with Gasteiger partial charge >= 0.3 is 6.18 Å². The van der Waals surface area contributed by atoms with Crippen molar-refractivity contribution in [2.24, 2.45) is 0 Å². The summed E-state index contributed by atoms with van der Waals surface area (Å²) in [6.45, 7) is 5.26. The number of halogens is 3. The third-order valence-corrected chi connectivity index (χ3v) is 3.72. The SMILES string of the molecule is Cc1cccc([C@@H](CCC(F)(F)F)N2CCNCC2)c1. The summed E-state index contributed by atoms with van der Waals surface area (Å²) in [5.41, 5.74) is 2.09. The molecule has 1 atom stereocenters. The van der Waals surface area contributed by atoms with E-state index in [9.17, 15) is 13.2 Å². The molecule has 0 aliphatic carbocycles. The van der Waals surface area contributed by atoms with Gasteiger partial charge in [-0.2, -0.15) is 13.2 Å². The Hall–Kier alpha value is -1.07. The number of aryl methyl sites for hydroxylation is 1. The molecular weight excluding hydrogens is 265 g/mol. The molecule has 2 rings (SSSR count).